The van der Waals surface area contributed by atoms with Crippen molar-refractivity contribution in [3.63, 3.8) is 0 Å². The van der Waals surface area contributed by atoms with Crippen molar-refractivity contribution in [3.8, 4) is 0 Å². The number of ether oxygens (including phenoxy) is 2. The molecule has 0 aliphatic heterocycles. The molecular formula is C19H31N3O9S2. The van der Waals surface area contributed by atoms with Crippen LogP contribution in [-0.4, -0.2) is 78.9 Å². The van der Waals surface area contributed by atoms with Crippen molar-refractivity contribution in [2.75, 3.05) is 32.5 Å². The van der Waals surface area contributed by atoms with Gasteiger partial charge in [-0.3, -0.25) is 9.59 Å². The van der Waals surface area contributed by atoms with Gasteiger partial charge in [0.25, 0.3) is 0 Å². The highest BCUT2D eigenvalue weighted by Crippen LogP contribution is 2.24. The summed E-state index contributed by atoms with van der Waals surface area (Å²) in [5.74, 6) is -2.26. The van der Waals surface area contributed by atoms with Gasteiger partial charge in [-0.25, -0.2) is 28.1 Å². The first-order valence-electron chi connectivity index (χ1n) is 10.3. The van der Waals surface area contributed by atoms with Gasteiger partial charge >= 0.3 is 29.0 Å². The van der Waals surface area contributed by atoms with E-state index in [1.807, 2.05) is 6.92 Å². The van der Waals surface area contributed by atoms with Crippen LogP contribution < -0.4 is 17.1 Å². The molecule has 0 spiro atoms. The largest absolute Gasteiger partial charge is 0.480 e. The summed E-state index contributed by atoms with van der Waals surface area (Å²) in [6.07, 6.45) is 3.08. The van der Waals surface area contributed by atoms with E-state index in [1.165, 1.54) is 13.4 Å². The van der Waals surface area contributed by atoms with E-state index in [-0.39, 0.29) is 45.2 Å². The smallest absolute Gasteiger partial charge is 0.336 e. The Labute approximate surface area is 198 Å². The first-order valence-corrected chi connectivity index (χ1v) is 12.7. The Morgan fingerprint density at radius 3 is 1.88 bits per heavy atom. The maximum absolute atomic E-state index is 12.8. The molecule has 1 aromatic rings. The van der Waals surface area contributed by atoms with E-state index in [4.69, 9.17) is 9.47 Å². The molecule has 2 atom stereocenters. The van der Waals surface area contributed by atoms with Crippen molar-refractivity contribution < 1.29 is 29.3 Å². The topological polar surface area (TPSA) is 159 Å². The number of carbonyl (C=O) groups is 2. The minimum absolute atomic E-state index is 0.00619. The van der Waals surface area contributed by atoms with E-state index in [9.17, 15) is 34.2 Å². The fraction of sp³-hybridized carbons (Fsp3) is 0.737. The molecule has 33 heavy (non-hydrogen) atoms. The first-order chi connectivity index (χ1) is 15.7. The lowest BCUT2D eigenvalue weighted by Gasteiger charge is -2.18. The molecule has 2 N–H and O–H groups in total. The third-order valence-electron chi connectivity index (χ3n) is 4.62. The molecule has 0 amide bonds. The highest BCUT2D eigenvalue weighted by Gasteiger charge is 2.33. The molecule has 1 heterocycles. The number of unbranched alkanes of at least 4 members (excludes halogenated alkanes) is 1. The molecule has 0 saturated carbocycles. The molecule has 0 aliphatic rings. The lowest BCUT2D eigenvalue weighted by molar-refractivity contribution is -0.142. The van der Waals surface area contributed by atoms with Crippen LogP contribution in [0, 0.1) is 0 Å². The predicted molar refractivity (Wildman–Crippen MR) is 125 cm³/mol. The fourth-order valence-electron chi connectivity index (χ4n) is 2.95. The normalized spacial score (nSPS) is 13.1. The second kappa shape index (κ2) is 15.0. The Bertz CT molecular complexity index is 957. The summed E-state index contributed by atoms with van der Waals surface area (Å²) in [5.41, 5.74) is -2.20. The van der Waals surface area contributed by atoms with Crippen molar-refractivity contribution in [2.24, 2.45) is 0 Å². The summed E-state index contributed by atoms with van der Waals surface area (Å²) in [6, 6.07) is 0. The molecule has 0 saturated heterocycles. The van der Waals surface area contributed by atoms with Crippen LogP contribution in [0.3, 0.4) is 0 Å². The Morgan fingerprint density at radius 1 is 0.909 bits per heavy atom. The predicted octanol–water partition coefficient (Wildman–Crippen LogP) is -0.0150. The average molecular weight is 510 g/mol. The van der Waals surface area contributed by atoms with Crippen LogP contribution in [0.4, 0.5) is 0 Å². The fourth-order valence-corrected chi connectivity index (χ4v) is 5.06. The third-order valence-corrected chi connectivity index (χ3v) is 7.13. The minimum atomic E-state index is -1.24. The van der Waals surface area contributed by atoms with Gasteiger partial charge in [-0.05, 0) is 24.9 Å². The number of nitrogens with zero attached hydrogens (tertiary/aromatic N) is 3. The van der Waals surface area contributed by atoms with Crippen LogP contribution in [0.1, 0.15) is 26.2 Å². The van der Waals surface area contributed by atoms with E-state index in [0.717, 1.165) is 43.6 Å². The molecule has 1 aromatic heterocycles. The Hall–Kier alpha value is -2.03. The van der Waals surface area contributed by atoms with Crippen molar-refractivity contribution in [1.29, 1.82) is 0 Å². The first kappa shape index (κ1) is 29.0. The van der Waals surface area contributed by atoms with E-state index in [0.29, 0.717) is 6.42 Å². The standard InChI is InChI=1S/C19H31N3O9S2/c1-4-5-7-20-17(27)21(19(29)22(18(20)28)9-10-31-12-30-2)8-6-11-33-14(16(25)26)13(32-3)15(23)24/h13-14H,4-12H2,1-3H3,(H,23,24)(H,25,26). The highest BCUT2D eigenvalue weighted by atomic mass is 32.2. The second-order valence-electron chi connectivity index (χ2n) is 6.95. The van der Waals surface area contributed by atoms with Crippen molar-refractivity contribution >= 4 is 35.5 Å². The molecule has 0 aromatic carbocycles. The lowest BCUT2D eigenvalue weighted by atomic mass is 10.3. The maximum atomic E-state index is 12.8. The molecule has 0 aliphatic carbocycles. The van der Waals surface area contributed by atoms with Crippen molar-refractivity contribution in [3.05, 3.63) is 31.5 Å². The molecule has 0 bridgehead atoms. The average Bonchev–Trinajstić information content (AvgIpc) is 2.76. The molecule has 12 nitrogen and oxygen atoms in total. The zero-order valence-corrected chi connectivity index (χ0v) is 20.6. The summed E-state index contributed by atoms with van der Waals surface area (Å²) in [6.45, 7) is 2.01. The van der Waals surface area contributed by atoms with Crippen LogP contribution in [-0.2, 0) is 38.7 Å². The number of aliphatic carboxylic acids is 2. The van der Waals surface area contributed by atoms with Gasteiger partial charge in [-0.1, -0.05) is 13.3 Å². The van der Waals surface area contributed by atoms with Gasteiger partial charge in [0.2, 0.25) is 0 Å². The van der Waals surface area contributed by atoms with Gasteiger partial charge in [0, 0.05) is 20.2 Å². The molecular weight excluding hydrogens is 478 g/mol. The summed E-state index contributed by atoms with van der Waals surface area (Å²) in [5, 5.41) is 16.3. The molecule has 14 heteroatoms. The monoisotopic (exact) mass is 509 g/mol. The van der Waals surface area contributed by atoms with Crippen LogP contribution >= 0.6 is 23.5 Å². The summed E-state index contributed by atoms with van der Waals surface area (Å²) in [4.78, 5) is 61.1. The number of carboxylic acids is 2. The quantitative estimate of drug-likeness (QED) is 0.215. The van der Waals surface area contributed by atoms with Crippen molar-refractivity contribution in [2.45, 2.75) is 56.3 Å². The number of rotatable bonds is 17. The van der Waals surface area contributed by atoms with Crippen LogP contribution in [0.5, 0.6) is 0 Å². The van der Waals surface area contributed by atoms with Gasteiger partial charge < -0.3 is 19.7 Å². The number of methoxy groups -OCH3 is 1. The van der Waals surface area contributed by atoms with Gasteiger partial charge in [-0.2, -0.15) is 0 Å². The zero-order valence-electron chi connectivity index (χ0n) is 18.9. The Morgan fingerprint density at radius 2 is 1.42 bits per heavy atom. The van der Waals surface area contributed by atoms with E-state index in [1.54, 1.807) is 0 Å². The van der Waals surface area contributed by atoms with Gasteiger partial charge in [-0.15, -0.1) is 23.5 Å². The van der Waals surface area contributed by atoms with Crippen LogP contribution in [0.25, 0.3) is 0 Å². The SMILES string of the molecule is CCCCn1c(=O)n(CCCSC(C(=O)O)C(SC)C(=O)O)c(=O)n(CCOCOC)c1=O. The maximum Gasteiger partial charge on any atom is 0.336 e. The molecule has 1 rings (SSSR count). The Balaban J connectivity index is 3.07. The summed E-state index contributed by atoms with van der Waals surface area (Å²) in [7, 11) is 1.44. The van der Waals surface area contributed by atoms with Crippen LogP contribution in [0.15, 0.2) is 14.4 Å². The van der Waals surface area contributed by atoms with Crippen molar-refractivity contribution in [1.82, 2.24) is 13.7 Å². The number of aromatic nitrogens is 3. The van der Waals surface area contributed by atoms with Gasteiger partial charge in [0.05, 0.1) is 13.2 Å². The molecule has 0 radical (unpaired) electrons. The van der Waals surface area contributed by atoms with Gasteiger partial charge in [0.1, 0.15) is 17.3 Å². The van der Waals surface area contributed by atoms with E-state index in [2.05, 4.69) is 0 Å². The number of carboxylic acid groups (broad SMARTS) is 2. The van der Waals surface area contributed by atoms with E-state index >= 15 is 0 Å². The molecule has 2 unspecified atom stereocenters. The number of hydrogen-bond acceptors (Lipinski definition) is 9. The minimum Gasteiger partial charge on any atom is -0.480 e. The van der Waals surface area contributed by atoms with Gasteiger partial charge in [0.15, 0.2) is 0 Å². The lowest BCUT2D eigenvalue weighted by Crippen LogP contribution is -2.55. The number of thioether (sulfide) groups is 2. The Kier molecular flexibility index (Phi) is 13.2. The molecule has 188 valence electrons. The van der Waals surface area contributed by atoms with Crippen LogP contribution in [0.2, 0.25) is 0 Å². The second-order valence-corrected chi connectivity index (χ2v) is 9.18. The van der Waals surface area contributed by atoms with E-state index < -0.39 is 39.5 Å². The summed E-state index contributed by atoms with van der Waals surface area (Å²) < 4.78 is 12.8. The highest BCUT2D eigenvalue weighted by molar-refractivity contribution is 8.04. The molecule has 0 fully saturated rings. The summed E-state index contributed by atoms with van der Waals surface area (Å²) >= 11 is 1.87. The number of hydrogen-bond donors (Lipinski definition) is 2. The zero-order chi connectivity index (χ0) is 25.0. The third kappa shape index (κ3) is 8.36.